The summed E-state index contributed by atoms with van der Waals surface area (Å²) in [7, 11) is -3.71. The number of aromatic nitrogens is 2. The number of rotatable bonds is 6. The van der Waals surface area contributed by atoms with Crippen molar-refractivity contribution in [1.29, 1.82) is 0 Å². The summed E-state index contributed by atoms with van der Waals surface area (Å²) in [5, 5.41) is 2.82. The highest BCUT2D eigenvalue weighted by Crippen LogP contribution is 2.26. The zero-order chi connectivity index (χ0) is 19.6. The first kappa shape index (κ1) is 19.5. The second kappa shape index (κ2) is 7.77. The Balaban J connectivity index is 1.86. The van der Waals surface area contributed by atoms with E-state index >= 15 is 0 Å². The second-order valence-corrected chi connectivity index (χ2v) is 8.28. The van der Waals surface area contributed by atoms with Gasteiger partial charge in [0.15, 0.2) is 0 Å². The number of halogens is 1. The molecule has 0 radical (unpaired) electrons. The van der Waals surface area contributed by atoms with Crippen molar-refractivity contribution in [2.45, 2.75) is 51.2 Å². The highest BCUT2D eigenvalue weighted by atomic mass is 32.2. The molecule has 0 bridgehead atoms. The van der Waals surface area contributed by atoms with Gasteiger partial charge in [-0.15, -0.1) is 0 Å². The molecule has 9 heteroatoms. The molecule has 0 fully saturated rings. The Bertz CT molecular complexity index is 938. The van der Waals surface area contributed by atoms with Crippen molar-refractivity contribution in [3.63, 3.8) is 0 Å². The van der Waals surface area contributed by atoms with Crippen molar-refractivity contribution in [3.05, 3.63) is 47.3 Å². The molecule has 1 aliphatic rings. The minimum Gasteiger partial charge on any atom is -0.349 e. The van der Waals surface area contributed by atoms with Gasteiger partial charge < -0.3 is 9.88 Å². The van der Waals surface area contributed by atoms with Crippen molar-refractivity contribution in [2.24, 2.45) is 0 Å². The second-order valence-electron chi connectivity index (χ2n) is 6.34. The fourth-order valence-electron chi connectivity index (χ4n) is 3.22. The summed E-state index contributed by atoms with van der Waals surface area (Å²) in [6, 6.07) is 4.85. The Morgan fingerprint density at radius 2 is 1.96 bits per heavy atom. The van der Waals surface area contributed by atoms with Crippen molar-refractivity contribution >= 4 is 15.9 Å². The molecule has 2 heterocycles. The van der Waals surface area contributed by atoms with Crippen LogP contribution in [0.3, 0.4) is 0 Å². The number of sulfonamides is 1. The summed E-state index contributed by atoms with van der Waals surface area (Å²) in [6.45, 7) is 5.21. The van der Waals surface area contributed by atoms with E-state index < -0.39 is 15.8 Å². The van der Waals surface area contributed by atoms with Gasteiger partial charge in [-0.1, -0.05) is 6.92 Å². The van der Waals surface area contributed by atoms with Crippen LogP contribution in [0.1, 0.15) is 37.5 Å². The fraction of sp³-hybridized carbons (Fsp3) is 0.444. The third-order valence-electron chi connectivity index (χ3n) is 4.69. The average Bonchev–Trinajstić information content (AvgIpc) is 3.03. The number of fused-ring (bicyclic) bond motifs is 1. The van der Waals surface area contributed by atoms with E-state index in [-0.39, 0.29) is 17.3 Å². The maximum atomic E-state index is 13.1. The van der Waals surface area contributed by atoms with Crippen LogP contribution in [-0.4, -0.2) is 34.7 Å². The standard InChI is InChI=1S/C18H23FN4O3S/c1-3-18(24)20-11-17-21-15-9-10-22(12-16(15)23(17)4-2)27(25,26)14-7-5-13(19)6-8-14/h5-8H,3-4,9-12H2,1-2H3,(H,20,24). The van der Waals surface area contributed by atoms with Gasteiger partial charge in [-0.25, -0.2) is 17.8 Å². The number of hydrogen-bond donors (Lipinski definition) is 1. The van der Waals surface area contributed by atoms with Crippen LogP contribution in [0.2, 0.25) is 0 Å². The van der Waals surface area contributed by atoms with Gasteiger partial charge in [0.25, 0.3) is 0 Å². The predicted molar refractivity (Wildman–Crippen MR) is 97.7 cm³/mol. The lowest BCUT2D eigenvalue weighted by Gasteiger charge is -2.27. The number of carbonyl (C=O) groups excluding carboxylic acids is 1. The van der Waals surface area contributed by atoms with Crippen LogP contribution in [0, 0.1) is 5.82 Å². The third kappa shape index (κ3) is 3.89. The lowest BCUT2D eigenvalue weighted by atomic mass is 10.2. The summed E-state index contributed by atoms with van der Waals surface area (Å²) in [4.78, 5) is 16.2. The van der Waals surface area contributed by atoms with Crippen LogP contribution >= 0.6 is 0 Å². The largest absolute Gasteiger partial charge is 0.349 e. The molecule has 0 spiro atoms. The van der Waals surface area contributed by atoms with E-state index in [2.05, 4.69) is 10.3 Å². The average molecular weight is 394 g/mol. The highest BCUT2D eigenvalue weighted by molar-refractivity contribution is 7.89. The van der Waals surface area contributed by atoms with E-state index in [0.717, 1.165) is 29.3 Å². The van der Waals surface area contributed by atoms with Crippen molar-refractivity contribution in [3.8, 4) is 0 Å². The number of carbonyl (C=O) groups is 1. The predicted octanol–water partition coefficient (Wildman–Crippen LogP) is 1.82. The molecule has 7 nitrogen and oxygen atoms in total. The Kier molecular flexibility index (Phi) is 5.61. The van der Waals surface area contributed by atoms with Crippen molar-refractivity contribution in [1.82, 2.24) is 19.2 Å². The molecule has 1 aromatic heterocycles. The van der Waals surface area contributed by atoms with Gasteiger partial charge in [-0.05, 0) is 31.2 Å². The molecule has 0 saturated carbocycles. The highest BCUT2D eigenvalue weighted by Gasteiger charge is 2.31. The first-order valence-corrected chi connectivity index (χ1v) is 10.4. The lowest BCUT2D eigenvalue weighted by molar-refractivity contribution is -0.120. The maximum Gasteiger partial charge on any atom is 0.243 e. The van der Waals surface area contributed by atoms with Crippen LogP contribution in [0.25, 0.3) is 0 Å². The molecule has 1 amide bonds. The van der Waals surface area contributed by atoms with Gasteiger partial charge in [0.1, 0.15) is 11.6 Å². The topological polar surface area (TPSA) is 84.3 Å². The van der Waals surface area contributed by atoms with E-state index in [9.17, 15) is 17.6 Å². The van der Waals surface area contributed by atoms with E-state index in [4.69, 9.17) is 0 Å². The fourth-order valence-corrected chi connectivity index (χ4v) is 4.62. The van der Waals surface area contributed by atoms with Gasteiger partial charge in [-0.2, -0.15) is 4.31 Å². The first-order chi connectivity index (χ1) is 12.9. The zero-order valence-electron chi connectivity index (χ0n) is 15.4. The molecule has 2 aromatic rings. The molecule has 1 aliphatic heterocycles. The van der Waals surface area contributed by atoms with Crippen LogP contribution in [-0.2, 0) is 40.9 Å². The number of nitrogens with zero attached hydrogens (tertiary/aromatic N) is 3. The number of imidazole rings is 1. The van der Waals surface area contributed by atoms with E-state index in [1.807, 2.05) is 11.5 Å². The molecule has 1 aromatic carbocycles. The number of hydrogen-bond acceptors (Lipinski definition) is 4. The van der Waals surface area contributed by atoms with Crippen LogP contribution in [0.5, 0.6) is 0 Å². The maximum absolute atomic E-state index is 13.1. The van der Waals surface area contributed by atoms with Crippen LogP contribution in [0.4, 0.5) is 4.39 Å². The Labute approximate surface area is 158 Å². The molecule has 0 saturated heterocycles. The van der Waals surface area contributed by atoms with Gasteiger partial charge >= 0.3 is 0 Å². The monoisotopic (exact) mass is 394 g/mol. The molecular formula is C18H23FN4O3S. The van der Waals surface area contributed by atoms with E-state index in [1.54, 1.807) is 6.92 Å². The molecule has 3 rings (SSSR count). The third-order valence-corrected chi connectivity index (χ3v) is 6.55. The van der Waals surface area contributed by atoms with Crippen molar-refractivity contribution < 1.29 is 17.6 Å². The number of nitrogens with one attached hydrogen (secondary N) is 1. The summed E-state index contributed by atoms with van der Waals surface area (Å²) < 4.78 is 42.2. The smallest absolute Gasteiger partial charge is 0.243 e. The molecule has 27 heavy (non-hydrogen) atoms. The molecule has 0 atom stereocenters. The summed E-state index contributed by atoms with van der Waals surface area (Å²) in [6.07, 6.45) is 0.897. The van der Waals surface area contributed by atoms with Crippen LogP contribution < -0.4 is 5.32 Å². The van der Waals surface area contributed by atoms with Gasteiger partial charge in [0.05, 0.1) is 29.4 Å². The Morgan fingerprint density at radius 1 is 1.26 bits per heavy atom. The van der Waals surface area contributed by atoms with Crippen LogP contribution in [0.15, 0.2) is 29.2 Å². The number of benzene rings is 1. The summed E-state index contributed by atoms with van der Waals surface area (Å²) in [5.41, 5.74) is 1.71. The van der Waals surface area contributed by atoms with E-state index in [0.29, 0.717) is 32.5 Å². The SMILES string of the molecule is CCC(=O)NCc1nc2c(n1CC)CN(S(=O)(=O)c1ccc(F)cc1)CC2. The first-order valence-electron chi connectivity index (χ1n) is 8.96. The van der Waals surface area contributed by atoms with E-state index in [1.165, 1.54) is 16.4 Å². The van der Waals surface area contributed by atoms with Gasteiger partial charge in [0.2, 0.25) is 15.9 Å². The Hall–Kier alpha value is -2.26. The minimum atomic E-state index is -3.71. The summed E-state index contributed by atoms with van der Waals surface area (Å²) in [5.74, 6) is 0.196. The molecular weight excluding hydrogens is 371 g/mol. The zero-order valence-corrected chi connectivity index (χ0v) is 16.2. The van der Waals surface area contributed by atoms with Gasteiger partial charge in [-0.3, -0.25) is 4.79 Å². The van der Waals surface area contributed by atoms with Gasteiger partial charge in [0, 0.05) is 25.9 Å². The summed E-state index contributed by atoms with van der Waals surface area (Å²) >= 11 is 0. The Morgan fingerprint density at radius 3 is 2.59 bits per heavy atom. The molecule has 0 unspecified atom stereocenters. The number of amides is 1. The molecule has 0 aliphatic carbocycles. The molecule has 146 valence electrons. The lowest BCUT2D eigenvalue weighted by Crippen LogP contribution is -2.36. The molecule has 1 N–H and O–H groups in total. The quantitative estimate of drug-likeness (QED) is 0.810. The normalized spacial score (nSPS) is 14.8. The minimum absolute atomic E-state index is 0.0564. The van der Waals surface area contributed by atoms with Crippen molar-refractivity contribution in [2.75, 3.05) is 6.54 Å².